The summed E-state index contributed by atoms with van der Waals surface area (Å²) in [6, 6.07) is 5.87. The van der Waals surface area contributed by atoms with Crippen molar-refractivity contribution in [3.8, 4) is 0 Å². The summed E-state index contributed by atoms with van der Waals surface area (Å²) in [7, 11) is 0. The zero-order chi connectivity index (χ0) is 20.1. The largest absolute Gasteiger partial charge is 0.383 e. The van der Waals surface area contributed by atoms with Crippen LogP contribution in [0, 0.1) is 11.3 Å². The molecular formula is C22H33N3O3. The molecule has 154 valence electrons. The van der Waals surface area contributed by atoms with Gasteiger partial charge in [-0.2, -0.15) is 0 Å². The Morgan fingerprint density at radius 2 is 2.00 bits per heavy atom. The first-order valence-electron chi connectivity index (χ1n) is 10.5. The minimum Gasteiger partial charge on any atom is -0.383 e. The maximum absolute atomic E-state index is 12.5. The second-order valence-electron chi connectivity index (χ2n) is 8.86. The summed E-state index contributed by atoms with van der Waals surface area (Å²) in [6.45, 7) is 6.86. The van der Waals surface area contributed by atoms with E-state index < -0.39 is 6.10 Å². The van der Waals surface area contributed by atoms with E-state index in [2.05, 4.69) is 4.98 Å². The lowest BCUT2D eigenvalue weighted by Crippen LogP contribution is -2.53. The van der Waals surface area contributed by atoms with Crippen LogP contribution < -0.4 is 0 Å². The third-order valence-corrected chi connectivity index (χ3v) is 6.23. The lowest BCUT2D eigenvalue weighted by molar-refractivity contribution is -0.147. The van der Waals surface area contributed by atoms with Gasteiger partial charge in [-0.05, 0) is 49.1 Å². The SMILES string of the molecule is CC(C)CC(O)C(=O)N1CCC2(CCC(=O)N(CCc3ccccn3)C2)CC1. The first kappa shape index (κ1) is 20.8. The summed E-state index contributed by atoms with van der Waals surface area (Å²) in [5.41, 5.74) is 1.12. The van der Waals surface area contributed by atoms with E-state index in [9.17, 15) is 14.7 Å². The average molecular weight is 388 g/mol. The van der Waals surface area contributed by atoms with Crippen LogP contribution in [0.25, 0.3) is 0 Å². The maximum atomic E-state index is 12.5. The molecule has 0 saturated carbocycles. The van der Waals surface area contributed by atoms with Crippen molar-refractivity contribution in [2.45, 2.75) is 58.5 Å². The molecular weight excluding hydrogens is 354 g/mol. The summed E-state index contributed by atoms with van der Waals surface area (Å²) in [4.78, 5) is 33.1. The first-order chi connectivity index (χ1) is 13.4. The summed E-state index contributed by atoms with van der Waals surface area (Å²) >= 11 is 0. The standard InChI is InChI=1S/C22H33N3O3/c1-17(2)15-19(26)21(28)24-13-9-22(10-14-24)8-6-20(27)25(16-22)12-7-18-5-3-4-11-23-18/h3-5,11,17,19,26H,6-10,12-16H2,1-2H3. The van der Waals surface area contributed by atoms with Crippen LogP contribution in [0.4, 0.5) is 0 Å². The second-order valence-corrected chi connectivity index (χ2v) is 8.86. The van der Waals surface area contributed by atoms with Crippen LogP contribution in [-0.2, 0) is 16.0 Å². The number of carbonyl (C=O) groups is 2. The van der Waals surface area contributed by atoms with Crippen molar-refractivity contribution in [2.75, 3.05) is 26.2 Å². The Labute approximate surface area is 167 Å². The maximum Gasteiger partial charge on any atom is 0.251 e. The van der Waals surface area contributed by atoms with Crippen LogP contribution in [0.3, 0.4) is 0 Å². The molecule has 2 aliphatic heterocycles. The van der Waals surface area contributed by atoms with E-state index in [0.29, 0.717) is 38.4 Å². The summed E-state index contributed by atoms with van der Waals surface area (Å²) in [5, 5.41) is 10.1. The molecule has 2 amide bonds. The number of aliphatic hydroxyl groups excluding tert-OH is 1. The van der Waals surface area contributed by atoms with Crippen LogP contribution in [0.1, 0.15) is 51.6 Å². The van der Waals surface area contributed by atoms with E-state index in [-0.39, 0.29) is 17.2 Å². The van der Waals surface area contributed by atoms with Gasteiger partial charge >= 0.3 is 0 Å². The number of carbonyl (C=O) groups excluding carboxylic acids is 2. The van der Waals surface area contributed by atoms with Gasteiger partial charge in [0, 0.05) is 50.9 Å². The van der Waals surface area contributed by atoms with E-state index in [1.165, 1.54) is 0 Å². The van der Waals surface area contributed by atoms with Crippen LogP contribution in [0.2, 0.25) is 0 Å². The Morgan fingerprint density at radius 1 is 1.25 bits per heavy atom. The molecule has 1 spiro atoms. The number of hydrogen-bond acceptors (Lipinski definition) is 4. The summed E-state index contributed by atoms with van der Waals surface area (Å²) in [6.07, 6.45) is 5.48. The molecule has 6 heteroatoms. The van der Waals surface area contributed by atoms with Crippen molar-refractivity contribution in [2.24, 2.45) is 11.3 Å². The molecule has 0 radical (unpaired) electrons. The molecule has 2 aliphatic rings. The Morgan fingerprint density at radius 3 is 2.64 bits per heavy atom. The molecule has 6 nitrogen and oxygen atoms in total. The van der Waals surface area contributed by atoms with Gasteiger partial charge in [0.15, 0.2) is 0 Å². The van der Waals surface area contributed by atoms with E-state index in [0.717, 1.165) is 37.9 Å². The Balaban J connectivity index is 1.54. The minimum atomic E-state index is -0.892. The highest BCUT2D eigenvalue weighted by Gasteiger charge is 2.42. The molecule has 1 unspecified atom stereocenters. The number of nitrogens with zero attached hydrogens (tertiary/aromatic N) is 3. The third-order valence-electron chi connectivity index (χ3n) is 6.23. The van der Waals surface area contributed by atoms with Crippen LogP contribution >= 0.6 is 0 Å². The summed E-state index contributed by atoms with van der Waals surface area (Å²) < 4.78 is 0. The van der Waals surface area contributed by atoms with Gasteiger partial charge in [0.2, 0.25) is 5.91 Å². The third kappa shape index (κ3) is 5.10. The molecule has 1 N–H and O–H groups in total. The van der Waals surface area contributed by atoms with Gasteiger partial charge in [-0.3, -0.25) is 14.6 Å². The van der Waals surface area contributed by atoms with Crippen molar-refractivity contribution in [1.82, 2.24) is 14.8 Å². The van der Waals surface area contributed by atoms with E-state index in [4.69, 9.17) is 0 Å². The first-order valence-corrected chi connectivity index (χ1v) is 10.5. The lowest BCUT2D eigenvalue weighted by Gasteiger charge is -2.47. The monoisotopic (exact) mass is 387 g/mol. The van der Waals surface area contributed by atoms with Crippen molar-refractivity contribution in [1.29, 1.82) is 0 Å². The highest BCUT2D eigenvalue weighted by molar-refractivity contribution is 5.81. The van der Waals surface area contributed by atoms with Gasteiger partial charge in [-0.1, -0.05) is 19.9 Å². The second kappa shape index (κ2) is 9.03. The number of aliphatic hydroxyl groups is 1. The summed E-state index contributed by atoms with van der Waals surface area (Å²) in [5.74, 6) is 0.391. The molecule has 1 aromatic rings. The van der Waals surface area contributed by atoms with Gasteiger partial charge in [-0.15, -0.1) is 0 Å². The predicted molar refractivity (Wildman–Crippen MR) is 107 cm³/mol. The zero-order valence-electron chi connectivity index (χ0n) is 17.1. The molecule has 2 fully saturated rings. The number of rotatable bonds is 6. The van der Waals surface area contributed by atoms with Gasteiger partial charge in [0.05, 0.1) is 0 Å². The van der Waals surface area contributed by atoms with Crippen LogP contribution in [-0.4, -0.2) is 64.0 Å². The number of hydrogen-bond donors (Lipinski definition) is 1. The fraction of sp³-hybridized carbons (Fsp3) is 0.682. The van der Waals surface area contributed by atoms with Gasteiger partial charge < -0.3 is 14.9 Å². The Kier molecular flexibility index (Phi) is 6.70. The topological polar surface area (TPSA) is 73.7 Å². The number of aromatic nitrogens is 1. The Hall–Kier alpha value is -1.95. The fourth-order valence-electron chi connectivity index (χ4n) is 4.47. The molecule has 28 heavy (non-hydrogen) atoms. The Bertz CT molecular complexity index is 669. The number of pyridine rings is 1. The molecule has 2 saturated heterocycles. The minimum absolute atomic E-state index is 0.109. The predicted octanol–water partition coefficient (Wildman–Crippen LogP) is 2.26. The molecule has 0 aliphatic carbocycles. The van der Waals surface area contributed by atoms with E-state index in [1.54, 1.807) is 6.20 Å². The normalized spacial score (nSPS) is 20.6. The smallest absolute Gasteiger partial charge is 0.251 e. The van der Waals surface area contributed by atoms with Gasteiger partial charge in [0.25, 0.3) is 5.91 Å². The molecule has 3 rings (SSSR count). The lowest BCUT2D eigenvalue weighted by atomic mass is 9.72. The number of piperidine rings is 2. The molecule has 0 bridgehead atoms. The van der Waals surface area contributed by atoms with Gasteiger partial charge in [-0.25, -0.2) is 0 Å². The molecule has 1 aromatic heterocycles. The molecule has 3 heterocycles. The van der Waals surface area contributed by atoms with Crippen molar-refractivity contribution < 1.29 is 14.7 Å². The van der Waals surface area contributed by atoms with E-state index >= 15 is 0 Å². The average Bonchev–Trinajstić information content (AvgIpc) is 2.69. The number of amides is 2. The zero-order valence-corrected chi connectivity index (χ0v) is 17.1. The van der Waals surface area contributed by atoms with E-state index in [1.807, 2.05) is 41.8 Å². The molecule has 0 aromatic carbocycles. The van der Waals surface area contributed by atoms with Crippen molar-refractivity contribution in [3.63, 3.8) is 0 Å². The highest BCUT2D eigenvalue weighted by atomic mass is 16.3. The number of likely N-dealkylation sites (tertiary alicyclic amines) is 2. The molecule has 1 atom stereocenters. The van der Waals surface area contributed by atoms with Crippen LogP contribution in [0.5, 0.6) is 0 Å². The quantitative estimate of drug-likeness (QED) is 0.813. The fourth-order valence-corrected chi connectivity index (χ4v) is 4.47. The van der Waals surface area contributed by atoms with Gasteiger partial charge in [0.1, 0.15) is 6.10 Å². The van der Waals surface area contributed by atoms with Crippen molar-refractivity contribution >= 4 is 11.8 Å². The van der Waals surface area contributed by atoms with Crippen LogP contribution in [0.15, 0.2) is 24.4 Å². The highest BCUT2D eigenvalue weighted by Crippen LogP contribution is 2.40. The van der Waals surface area contributed by atoms with Crippen molar-refractivity contribution in [3.05, 3.63) is 30.1 Å².